The Balaban J connectivity index is 1.49. The molecule has 7 heteroatoms. The Morgan fingerprint density at radius 2 is 1.96 bits per heavy atom. The van der Waals surface area contributed by atoms with Crippen molar-refractivity contribution < 1.29 is 4.39 Å². The first-order valence-corrected chi connectivity index (χ1v) is 9.14. The van der Waals surface area contributed by atoms with Crippen molar-refractivity contribution in [1.82, 2.24) is 9.99 Å². The van der Waals surface area contributed by atoms with Crippen LogP contribution in [0.4, 0.5) is 15.9 Å². The average Bonchev–Trinajstić information content (AvgIpc) is 3.16. The Morgan fingerprint density at radius 3 is 2.67 bits per heavy atom. The van der Waals surface area contributed by atoms with Crippen molar-refractivity contribution in [1.29, 1.82) is 0 Å². The number of hydrogen-bond donors (Lipinski definition) is 3. The third kappa shape index (κ3) is 3.50. The van der Waals surface area contributed by atoms with E-state index < -0.39 is 0 Å². The fourth-order valence-electron chi connectivity index (χ4n) is 3.94. The topological polar surface area (TPSA) is 81.8 Å². The number of aromatic amines is 1. The molecule has 1 fully saturated rings. The van der Waals surface area contributed by atoms with Crippen molar-refractivity contribution in [3.8, 4) is 0 Å². The SMILES string of the molecule is C=N/C(=C1/c2cc[nH]c2N=CN1N)C1CCC(Nc2ccc(F)cc2)CC1. The second kappa shape index (κ2) is 7.36. The van der Waals surface area contributed by atoms with Crippen LogP contribution in [0.25, 0.3) is 5.70 Å². The Bertz CT molecular complexity index is 874. The number of aromatic nitrogens is 1. The van der Waals surface area contributed by atoms with Crippen LogP contribution in [0.1, 0.15) is 31.2 Å². The summed E-state index contributed by atoms with van der Waals surface area (Å²) in [6, 6.07) is 8.85. The molecular weight excluding hydrogens is 343 g/mol. The number of rotatable bonds is 4. The first-order valence-electron chi connectivity index (χ1n) is 9.14. The molecular formula is C20H23FN6. The minimum Gasteiger partial charge on any atom is -0.382 e. The lowest BCUT2D eigenvalue weighted by molar-refractivity contribution is 0.373. The number of H-pyrrole nitrogens is 1. The predicted molar refractivity (Wildman–Crippen MR) is 107 cm³/mol. The van der Waals surface area contributed by atoms with Gasteiger partial charge in [-0.05, 0) is 62.7 Å². The molecule has 2 aliphatic rings. The van der Waals surface area contributed by atoms with Crippen LogP contribution in [0.15, 0.2) is 52.2 Å². The molecule has 0 unspecified atom stereocenters. The third-order valence-electron chi connectivity index (χ3n) is 5.29. The second-order valence-electron chi connectivity index (χ2n) is 6.98. The maximum Gasteiger partial charge on any atom is 0.141 e. The van der Waals surface area contributed by atoms with Crippen molar-refractivity contribution in [2.75, 3.05) is 5.32 Å². The van der Waals surface area contributed by atoms with E-state index in [2.05, 4.69) is 27.0 Å². The molecule has 0 amide bonds. The van der Waals surface area contributed by atoms with Crippen molar-refractivity contribution in [2.24, 2.45) is 21.7 Å². The highest BCUT2D eigenvalue weighted by atomic mass is 19.1. The molecule has 0 spiro atoms. The Morgan fingerprint density at radius 1 is 1.22 bits per heavy atom. The van der Waals surface area contributed by atoms with Gasteiger partial charge in [0.2, 0.25) is 0 Å². The van der Waals surface area contributed by atoms with E-state index >= 15 is 0 Å². The summed E-state index contributed by atoms with van der Waals surface area (Å²) in [5.41, 5.74) is 3.69. The maximum atomic E-state index is 13.1. The zero-order valence-corrected chi connectivity index (χ0v) is 15.0. The minimum atomic E-state index is -0.218. The summed E-state index contributed by atoms with van der Waals surface area (Å²) in [7, 11) is 0. The van der Waals surface area contributed by atoms with E-state index in [0.29, 0.717) is 12.0 Å². The lowest BCUT2D eigenvalue weighted by Crippen LogP contribution is -2.32. The van der Waals surface area contributed by atoms with Crippen LogP contribution in [0.3, 0.4) is 0 Å². The normalized spacial score (nSPS) is 23.7. The summed E-state index contributed by atoms with van der Waals surface area (Å²) in [6.45, 7) is 3.80. The molecule has 4 N–H and O–H groups in total. The summed E-state index contributed by atoms with van der Waals surface area (Å²) in [5, 5.41) is 5.03. The lowest BCUT2D eigenvalue weighted by atomic mass is 9.82. The highest BCUT2D eigenvalue weighted by molar-refractivity contribution is 5.87. The van der Waals surface area contributed by atoms with Crippen molar-refractivity contribution in [3.63, 3.8) is 0 Å². The van der Waals surface area contributed by atoms with Gasteiger partial charge in [-0.25, -0.2) is 15.2 Å². The minimum absolute atomic E-state index is 0.218. The van der Waals surface area contributed by atoms with Crippen LogP contribution in [-0.4, -0.2) is 29.1 Å². The van der Waals surface area contributed by atoms with E-state index in [9.17, 15) is 4.39 Å². The highest BCUT2D eigenvalue weighted by Crippen LogP contribution is 2.39. The molecule has 1 aromatic carbocycles. The van der Waals surface area contributed by atoms with Gasteiger partial charge in [0.1, 0.15) is 18.0 Å². The number of nitrogens with two attached hydrogens (primary N) is 1. The molecule has 2 heterocycles. The number of nitrogens with zero attached hydrogens (tertiary/aromatic N) is 3. The molecule has 1 aromatic heterocycles. The Hall–Kier alpha value is -2.93. The van der Waals surface area contributed by atoms with E-state index in [1.54, 1.807) is 18.5 Å². The van der Waals surface area contributed by atoms with Crippen LogP contribution in [-0.2, 0) is 0 Å². The van der Waals surface area contributed by atoms with Gasteiger partial charge in [-0.15, -0.1) is 0 Å². The number of anilines is 1. The number of aliphatic imine (C=N–C) groups is 2. The summed E-state index contributed by atoms with van der Waals surface area (Å²) in [5.74, 6) is 7.03. The molecule has 0 atom stereocenters. The number of hydrazine groups is 1. The molecule has 140 valence electrons. The monoisotopic (exact) mass is 366 g/mol. The largest absolute Gasteiger partial charge is 0.382 e. The van der Waals surface area contributed by atoms with E-state index in [0.717, 1.165) is 54.1 Å². The van der Waals surface area contributed by atoms with Crippen molar-refractivity contribution in [3.05, 3.63) is 53.6 Å². The summed E-state index contributed by atoms with van der Waals surface area (Å²) in [6.07, 6.45) is 7.44. The fourth-order valence-corrected chi connectivity index (χ4v) is 3.94. The van der Waals surface area contributed by atoms with Crippen LogP contribution in [0.5, 0.6) is 0 Å². The zero-order valence-electron chi connectivity index (χ0n) is 15.0. The Labute approximate surface area is 157 Å². The van der Waals surface area contributed by atoms with E-state index in [1.807, 2.05) is 12.3 Å². The quantitative estimate of drug-likeness (QED) is 0.564. The Kier molecular flexibility index (Phi) is 4.77. The van der Waals surface area contributed by atoms with Crippen molar-refractivity contribution in [2.45, 2.75) is 31.7 Å². The lowest BCUT2D eigenvalue weighted by Gasteiger charge is -2.32. The standard InChI is InChI=1S/C20H23FN6/c1-23-18(19-17-10-11-24-20(17)25-12-27(19)22)13-2-6-15(7-3-13)26-16-8-4-14(21)5-9-16/h4-5,8-13,15,24,26H,1-3,6-7,22H2/b19-18-. The van der Waals surface area contributed by atoms with Gasteiger partial charge in [-0.3, -0.25) is 10.0 Å². The number of benzene rings is 1. The van der Waals surface area contributed by atoms with Crippen LogP contribution in [0, 0.1) is 11.7 Å². The zero-order chi connectivity index (χ0) is 18.8. The third-order valence-corrected chi connectivity index (χ3v) is 5.29. The van der Waals surface area contributed by atoms with Gasteiger partial charge in [0.15, 0.2) is 0 Å². The van der Waals surface area contributed by atoms with Gasteiger partial charge in [-0.1, -0.05) is 0 Å². The van der Waals surface area contributed by atoms with Gasteiger partial charge in [-0.2, -0.15) is 0 Å². The van der Waals surface area contributed by atoms with Crippen molar-refractivity contribution >= 4 is 30.3 Å². The molecule has 6 nitrogen and oxygen atoms in total. The first kappa shape index (κ1) is 17.5. The number of halogens is 1. The van der Waals surface area contributed by atoms with Crippen LogP contribution in [0.2, 0.25) is 0 Å². The molecule has 2 aromatic rings. The predicted octanol–water partition coefficient (Wildman–Crippen LogP) is 4.04. The molecule has 1 saturated carbocycles. The first-order chi connectivity index (χ1) is 13.2. The van der Waals surface area contributed by atoms with Gasteiger partial charge in [0, 0.05) is 29.4 Å². The molecule has 0 radical (unpaired) electrons. The molecule has 1 aliphatic heterocycles. The van der Waals surface area contributed by atoms with E-state index in [4.69, 9.17) is 5.84 Å². The smallest absolute Gasteiger partial charge is 0.141 e. The van der Waals surface area contributed by atoms with Gasteiger partial charge in [0.25, 0.3) is 0 Å². The number of hydrogen-bond acceptors (Lipinski definition) is 5. The summed E-state index contributed by atoms with van der Waals surface area (Å²) < 4.78 is 13.1. The second-order valence-corrected chi connectivity index (χ2v) is 6.98. The number of fused-ring (bicyclic) bond motifs is 1. The molecule has 0 saturated heterocycles. The highest BCUT2D eigenvalue weighted by Gasteiger charge is 2.29. The van der Waals surface area contributed by atoms with Gasteiger partial charge in [0.05, 0.1) is 11.4 Å². The average molecular weight is 366 g/mol. The van der Waals surface area contributed by atoms with Gasteiger partial charge < -0.3 is 10.3 Å². The molecule has 0 bridgehead atoms. The van der Waals surface area contributed by atoms with E-state index in [-0.39, 0.29) is 5.82 Å². The molecule has 4 rings (SSSR count). The van der Waals surface area contributed by atoms with Crippen LogP contribution < -0.4 is 11.2 Å². The van der Waals surface area contributed by atoms with Crippen LogP contribution >= 0.6 is 0 Å². The number of allylic oxidation sites excluding steroid dienone is 1. The maximum absolute atomic E-state index is 13.1. The van der Waals surface area contributed by atoms with E-state index in [1.165, 1.54) is 17.1 Å². The van der Waals surface area contributed by atoms with Gasteiger partial charge >= 0.3 is 0 Å². The number of nitrogens with one attached hydrogen (secondary N) is 2. The summed E-state index contributed by atoms with van der Waals surface area (Å²) in [4.78, 5) is 11.8. The summed E-state index contributed by atoms with van der Waals surface area (Å²) >= 11 is 0. The molecule has 27 heavy (non-hydrogen) atoms. The fraction of sp³-hybridized carbons (Fsp3) is 0.300. The molecule has 1 aliphatic carbocycles.